The molecule has 0 aliphatic carbocycles. The largest absolute Gasteiger partial charge is 0.397 e. The lowest BCUT2D eigenvalue weighted by atomic mass is 10.2. The van der Waals surface area contributed by atoms with Crippen LogP contribution in [0.5, 0.6) is 0 Å². The van der Waals surface area contributed by atoms with Gasteiger partial charge < -0.3 is 5.73 Å². The molecule has 2 rings (SSSR count). The monoisotopic (exact) mass is 287 g/mol. The van der Waals surface area contributed by atoms with Crippen LogP contribution >= 0.6 is 0 Å². The minimum Gasteiger partial charge on any atom is -0.397 e. The zero-order valence-corrected chi connectivity index (χ0v) is 11.4. The summed E-state index contributed by atoms with van der Waals surface area (Å²) in [5.74, 6) is -0.525. The van der Waals surface area contributed by atoms with Crippen LogP contribution in [0.2, 0.25) is 0 Å². The number of nitrogens with two attached hydrogens (primary N) is 1. The van der Waals surface area contributed by atoms with Crippen molar-refractivity contribution in [2.24, 2.45) is 0 Å². The molecule has 19 heavy (non-hydrogen) atoms. The number of halogens is 1. The van der Waals surface area contributed by atoms with E-state index in [2.05, 4.69) is 4.72 Å². The fourth-order valence-corrected chi connectivity index (χ4v) is 3.43. The summed E-state index contributed by atoms with van der Waals surface area (Å²) in [4.78, 5) is 0. The first-order valence-electron chi connectivity index (χ1n) is 6.32. The molecule has 1 heterocycles. The highest BCUT2D eigenvalue weighted by molar-refractivity contribution is 7.90. The molecule has 1 aromatic carbocycles. The molecule has 0 atom stereocenters. The summed E-state index contributed by atoms with van der Waals surface area (Å²) in [6.45, 7) is 0.981. The molecule has 1 aliphatic rings. The van der Waals surface area contributed by atoms with Gasteiger partial charge in [-0.25, -0.2) is 4.39 Å². The molecule has 3 N–H and O–H groups in total. The lowest BCUT2D eigenvalue weighted by Gasteiger charge is -2.21. The van der Waals surface area contributed by atoms with E-state index in [-0.39, 0.29) is 11.4 Å². The van der Waals surface area contributed by atoms with Crippen LogP contribution in [0.4, 0.5) is 15.8 Å². The van der Waals surface area contributed by atoms with E-state index in [9.17, 15) is 12.8 Å². The molecule has 5 nitrogen and oxygen atoms in total. The molecular weight excluding hydrogens is 269 g/mol. The van der Waals surface area contributed by atoms with Crippen molar-refractivity contribution in [1.82, 2.24) is 4.31 Å². The summed E-state index contributed by atoms with van der Waals surface area (Å²) in [7, 11) is -3.66. The third kappa shape index (κ3) is 3.57. The van der Waals surface area contributed by atoms with Gasteiger partial charge in [-0.3, -0.25) is 4.72 Å². The maximum atomic E-state index is 13.1. The average molecular weight is 287 g/mol. The van der Waals surface area contributed by atoms with Gasteiger partial charge in [-0.15, -0.1) is 0 Å². The van der Waals surface area contributed by atoms with E-state index in [1.165, 1.54) is 16.4 Å². The van der Waals surface area contributed by atoms with E-state index >= 15 is 0 Å². The smallest absolute Gasteiger partial charge is 0.301 e. The van der Waals surface area contributed by atoms with E-state index in [1.54, 1.807) is 0 Å². The molecule has 0 amide bonds. The van der Waals surface area contributed by atoms with E-state index < -0.39 is 16.0 Å². The third-order valence-corrected chi connectivity index (χ3v) is 4.68. The van der Waals surface area contributed by atoms with Gasteiger partial charge in [0.05, 0.1) is 11.4 Å². The first kappa shape index (κ1) is 14.1. The summed E-state index contributed by atoms with van der Waals surface area (Å²) >= 11 is 0. The summed E-state index contributed by atoms with van der Waals surface area (Å²) in [6, 6.07) is 3.62. The molecule has 0 spiro atoms. The molecule has 7 heteroatoms. The van der Waals surface area contributed by atoms with Crippen LogP contribution in [0, 0.1) is 5.82 Å². The second kappa shape index (κ2) is 5.75. The van der Waals surface area contributed by atoms with E-state index in [0.717, 1.165) is 31.7 Å². The van der Waals surface area contributed by atoms with E-state index in [0.29, 0.717) is 13.1 Å². The highest BCUT2D eigenvalue weighted by Gasteiger charge is 2.23. The SMILES string of the molecule is Nc1ccc(F)cc1NS(=O)(=O)N1CCCCCC1. The molecule has 1 fully saturated rings. The van der Waals surface area contributed by atoms with Crippen LogP contribution < -0.4 is 10.5 Å². The fourth-order valence-electron chi connectivity index (χ4n) is 2.10. The Kier molecular flexibility index (Phi) is 4.26. The lowest BCUT2D eigenvalue weighted by molar-refractivity contribution is 0.427. The van der Waals surface area contributed by atoms with E-state index in [4.69, 9.17) is 5.73 Å². The van der Waals surface area contributed by atoms with Crippen molar-refractivity contribution in [2.45, 2.75) is 25.7 Å². The van der Waals surface area contributed by atoms with Crippen LogP contribution in [-0.2, 0) is 10.2 Å². The molecule has 0 radical (unpaired) electrons. The Hall–Kier alpha value is -1.34. The Morgan fingerprint density at radius 1 is 1.16 bits per heavy atom. The zero-order chi connectivity index (χ0) is 13.9. The number of nitrogen functional groups attached to an aromatic ring is 1. The maximum Gasteiger partial charge on any atom is 0.301 e. The molecule has 0 unspecified atom stereocenters. The molecule has 1 saturated heterocycles. The molecule has 0 saturated carbocycles. The van der Waals surface area contributed by atoms with Gasteiger partial charge in [0, 0.05) is 19.2 Å². The van der Waals surface area contributed by atoms with Crippen molar-refractivity contribution in [1.29, 1.82) is 0 Å². The molecule has 1 aliphatic heterocycles. The highest BCUT2D eigenvalue weighted by Crippen LogP contribution is 2.22. The molecule has 0 aromatic heterocycles. The second-order valence-corrected chi connectivity index (χ2v) is 6.32. The summed E-state index contributed by atoms with van der Waals surface area (Å²) in [5, 5.41) is 0. The Morgan fingerprint density at radius 2 is 1.79 bits per heavy atom. The van der Waals surface area contributed by atoms with Crippen molar-refractivity contribution in [2.75, 3.05) is 23.5 Å². The van der Waals surface area contributed by atoms with Gasteiger partial charge in [-0.05, 0) is 25.0 Å². The van der Waals surface area contributed by atoms with Crippen LogP contribution in [0.1, 0.15) is 25.7 Å². The minimum atomic E-state index is -3.66. The van der Waals surface area contributed by atoms with Gasteiger partial charge >= 0.3 is 10.2 Å². The number of rotatable bonds is 3. The molecule has 1 aromatic rings. The number of hydrogen-bond acceptors (Lipinski definition) is 3. The van der Waals surface area contributed by atoms with Crippen molar-refractivity contribution >= 4 is 21.6 Å². The Morgan fingerprint density at radius 3 is 2.42 bits per heavy atom. The number of anilines is 2. The summed E-state index contributed by atoms with van der Waals surface area (Å²) in [5.41, 5.74) is 5.94. The Bertz CT molecular complexity index is 540. The fraction of sp³-hybridized carbons (Fsp3) is 0.500. The summed E-state index contributed by atoms with van der Waals surface area (Å²) in [6.07, 6.45) is 3.77. The third-order valence-electron chi connectivity index (χ3n) is 3.16. The number of nitrogens with zero attached hydrogens (tertiary/aromatic N) is 1. The van der Waals surface area contributed by atoms with Crippen molar-refractivity contribution in [3.05, 3.63) is 24.0 Å². The first-order chi connectivity index (χ1) is 8.99. The van der Waals surface area contributed by atoms with Gasteiger partial charge in [0.25, 0.3) is 0 Å². The van der Waals surface area contributed by atoms with Crippen LogP contribution in [-0.4, -0.2) is 25.8 Å². The highest BCUT2D eigenvalue weighted by atomic mass is 32.2. The van der Waals surface area contributed by atoms with Gasteiger partial charge in [0.2, 0.25) is 0 Å². The molecular formula is C12H18FN3O2S. The van der Waals surface area contributed by atoms with Crippen molar-refractivity contribution < 1.29 is 12.8 Å². The molecule has 0 bridgehead atoms. The van der Waals surface area contributed by atoms with Gasteiger partial charge in [-0.1, -0.05) is 12.8 Å². The average Bonchev–Trinajstić information content (AvgIpc) is 2.63. The predicted octanol–water partition coefficient (Wildman–Crippen LogP) is 1.94. The number of hydrogen-bond donors (Lipinski definition) is 2. The number of nitrogens with one attached hydrogen (secondary N) is 1. The summed E-state index contributed by atoms with van der Waals surface area (Å²) < 4.78 is 41.3. The second-order valence-electron chi connectivity index (χ2n) is 4.65. The molecule has 106 valence electrons. The Balaban J connectivity index is 2.18. The van der Waals surface area contributed by atoms with Crippen LogP contribution in [0.25, 0.3) is 0 Å². The van der Waals surface area contributed by atoms with Crippen molar-refractivity contribution in [3.8, 4) is 0 Å². The van der Waals surface area contributed by atoms with Crippen LogP contribution in [0.15, 0.2) is 18.2 Å². The maximum absolute atomic E-state index is 13.1. The minimum absolute atomic E-state index is 0.0873. The van der Waals surface area contributed by atoms with E-state index in [1.807, 2.05) is 0 Å². The Labute approximate surface area is 112 Å². The quantitative estimate of drug-likeness (QED) is 0.834. The van der Waals surface area contributed by atoms with Gasteiger partial charge in [0.1, 0.15) is 5.82 Å². The van der Waals surface area contributed by atoms with Gasteiger partial charge in [-0.2, -0.15) is 12.7 Å². The predicted molar refractivity (Wildman–Crippen MR) is 73.4 cm³/mol. The van der Waals surface area contributed by atoms with Crippen molar-refractivity contribution in [3.63, 3.8) is 0 Å². The topological polar surface area (TPSA) is 75.4 Å². The normalized spacial score (nSPS) is 17.9. The number of benzene rings is 1. The lowest BCUT2D eigenvalue weighted by Crippen LogP contribution is -2.36. The standard InChI is InChI=1S/C12H18FN3O2S/c13-10-5-6-11(14)12(9-10)15-19(17,18)16-7-3-1-2-4-8-16/h5-6,9,15H,1-4,7-8,14H2. The van der Waals surface area contributed by atoms with Crippen LogP contribution in [0.3, 0.4) is 0 Å². The zero-order valence-electron chi connectivity index (χ0n) is 10.6. The van der Waals surface area contributed by atoms with Gasteiger partial charge in [0.15, 0.2) is 0 Å². The first-order valence-corrected chi connectivity index (χ1v) is 7.76.